The minimum Gasteiger partial charge on any atom is -0.465 e. The average Bonchev–Trinajstić information content (AvgIpc) is 3.27. The van der Waals surface area contributed by atoms with Gasteiger partial charge in [0.05, 0.1) is 24.8 Å². The number of hydrogen-bond acceptors (Lipinski definition) is 8. The van der Waals surface area contributed by atoms with Crippen LogP contribution in [0.25, 0.3) is 5.95 Å². The van der Waals surface area contributed by atoms with Gasteiger partial charge in [-0.3, -0.25) is 4.79 Å². The van der Waals surface area contributed by atoms with Gasteiger partial charge in [-0.2, -0.15) is 5.10 Å². The van der Waals surface area contributed by atoms with Gasteiger partial charge in [0.25, 0.3) is 5.95 Å². The van der Waals surface area contributed by atoms with Gasteiger partial charge in [0.1, 0.15) is 17.5 Å². The molecule has 0 bridgehead atoms. The first-order chi connectivity index (χ1) is 14.5. The molecule has 0 aliphatic heterocycles. The van der Waals surface area contributed by atoms with Gasteiger partial charge in [-0.1, -0.05) is 5.16 Å². The zero-order valence-electron chi connectivity index (χ0n) is 18.7. The molecule has 0 saturated carbocycles. The van der Waals surface area contributed by atoms with Crippen molar-refractivity contribution in [2.75, 3.05) is 7.11 Å². The second kappa shape index (κ2) is 8.29. The molecule has 0 fully saturated rings. The Labute approximate surface area is 180 Å². The summed E-state index contributed by atoms with van der Waals surface area (Å²) in [6.07, 6.45) is 1.30. The first kappa shape index (κ1) is 22.1. The molecule has 164 valence electrons. The predicted octanol–water partition coefficient (Wildman–Crippen LogP) is 2.26. The fourth-order valence-corrected chi connectivity index (χ4v) is 3.48. The lowest BCUT2D eigenvalue weighted by atomic mass is 9.96. The van der Waals surface area contributed by atoms with Crippen LogP contribution in [0.3, 0.4) is 0 Å². The molecule has 0 aliphatic carbocycles. The molecular formula is C21H26N6O4. The summed E-state index contributed by atoms with van der Waals surface area (Å²) in [5.41, 5.74) is 3.46. The first-order valence-electron chi connectivity index (χ1n) is 9.75. The maximum atomic E-state index is 12.9. The van der Waals surface area contributed by atoms with E-state index in [1.54, 1.807) is 18.5 Å². The molecule has 10 nitrogen and oxygen atoms in total. The number of carbonyl (C=O) groups is 2. The van der Waals surface area contributed by atoms with Crippen LogP contribution in [-0.2, 0) is 21.5 Å². The highest BCUT2D eigenvalue weighted by Gasteiger charge is 2.32. The summed E-state index contributed by atoms with van der Waals surface area (Å²) in [4.78, 5) is 33.7. The lowest BCUT2D eigenvalue weighted by Gasteiger charge is -2.24. The molecule has 3 aromatic heterocycles. The van der Waals surface area contributed by atoms with Crippen molar-refractivity contribution in [3.05, 3.63) is 51.9 Å². The van der Waals surface area contributed by atoms with Gasteiger partial charge in [-0.05, 0) is 47.6 Å². The third kappa shape index (κ3) is 4.47. The molecule has 31 heavy (non-hydrogen) atoms. The van der Waals surface area contributed by atoms with Crippen LogP contribution in [-0.4, -0.2) is 43.9 Å². The van der Waals surface area contributed by atoms with E-state index in [0.717, 1.165) is 22.6 Å². The number of amides is 1. The van der Waals surface area contributed by atoms with E-state index in [9.17, 15) is 9.59 Å². The quantitative estimate of drug-likeness (QED) is 0.595. The number of rotatable bonds is 6. The maximum Gasteiger partial charge on any atom is 0.343 e. The third-order valence-electron chi connectivity index (χ3n) is 4.96. The van der Waals surface area contributed by atoms with Crippen molar-refractivity contribution < 1.29 is 18.8 Å². The van der Waals surface area contributed by atoms with Gasteiger partial charge in [-0.15, -0.1) is 0 Å². The van der Waals surface area contributed by atoms with Crippen molar-refractivity contribution in [1.29, 1.82) is 0 Å². The lowest BCUT2D eigenvalue weighted by molar-refractivity contribution is -0.122. The number of methoxy groups -OCH3 is 1. The fraction of sp³-hybridized carbons (Fsp3) is 0.429. The van der Waals surface area contributed by atoms with E-state index in [0.29, 0.717) is 17.3 Å². The summed E-state index contributed by atoms with van der Waals surface area (Å²) in [6, 6.07) is 1.89. The lowest BCUT2D eigenvalue weighted by Crippen LogP contribution is -2.43. The number of esters is 1. The molecule has 0 unspecified atom stereocenters. The number of nitrogens with zero attached hydrogens (tertiary/aromatic N) is 5. The van der Waals surface area contributed by atoms with Gasteiger partial charge in [0, 0.05) is 22.6 Å². The number of hydrogen-bond donors (Lipinski definition) is 1. The van der Waals surface area contributed by atoms with Gasteiger partial charge in [-0.25, -0.2) is 19.4 Å². The van der Waals surface area contributed by atoms with Crippen molar-refractivity contribution in [2.45, 2.75) is 53.5 Å². The molecule has 3 aromatic rings. The zero-order valence-corrected chi connectivity index (χ0v) is 18.7. The first-order valence-corrected chi connectivity index (χ1v) is 9.75. The van der Waals surface area contributed by atoms with E-state index in [4.69, 9.17) is 9.26 Å². The van der Waals surface area contributed by atoms with Crippen molar-refractivity contribution in [3.63, 3.8) is 0 Å². The zero-order chi connectivity index (χ0) is 22.9. The van der Waals surface area contributed by atoms with E-state index in [1.165, 1.54) is 13.4 Å². The molecule has 0 spiro atoms. The number of carbonyl (C=O) groups excluding carboxylic acids is 2. The number of ether oxygens (including phenoxy) is 1. The predicted molar refractivity (Wildman–Crippen MR) is 111 cm³/mol. The maximum absolute atomic E-state index is 12.9. The highest BCUT2D eigenvalue weighted by molar-refractivity contribution is 5.90. The van der Waals surface area contributed by atoms with E-state index >= 15 is 0 Å². The topological polar surface area (TPSA) is 125 Å². The van der Waals surface area contributed by atoms with Gasteiger partial charge in [0.2, 0.25) is 5.91 Å². The molecule has 0 aromatic carbocycles. The summed E-state index contributed by atoms with van der Waals surface area (Å²) in [6.45, 7) is 11.0. The molecule has 0 aliphatic rings. The molecule has 3 rings (SSSR count). The largest absolute Gasteiger partial charge is 0.465 e. The molecule has 10 heteroatoms. The minimum atomic E-state index is -0.956. The molecule has 0 saturated heterocycles. The SMILES string of the molecule is COC(=O)c1conc1C(C)(C)NC(=O)Cc1c(C)nn(-c2nc(C)cc(C)n2)c1C. The summed E-state index contributed by atoms with van der Waals surface area (Å²) in [5, 5.41) is 11.3. The number of aryl methyl sites for hydroxylation is 3. The van der Waals surface area contributed by atoms with Crippen molar-refractivity contribution >= 4 is 11.9 Å². The second-order valence-electron chi connectivity index (χ2n) is 7.93. The summed E-state index contributed by atoms with van der Waals surface area (Å²) in [7, 11) is 1.27. The summed E-state index contributed by atoms with van der Waals surface area (Å²) < 4.78 is 11.3. The summed E-state index contributed by atoms with van der Waals surface area (Å²) in [5.74, 6) is -0.369. The van der Waals surface area contributed by atoms with Gasteiger partial charge in [0.15, 0.2) is 0 Å². The Morgan fingerprint density at radius 2 is 1.81 bits per heavy atom. The number of aromatic nitrogens is 5. The normalized spacial score (nSPS) is 11.5. The Balaban J connectivity index is 1.83. The fourth-order valence-electron chi connectivity index (χ4n) is 3.48. The van der Waals surface area contributed by atoms with Gasteiger partial charge < -0.3 is 14.6 Å². The standard InChI is InChI=1S/C21H26N6O4/c1-11-8-12(2)23-20(22-11)27-14(4)15(13(3)25-27)9-17(28)24-21(5,6)18-16(10-31-26-18)19(29)30-7/h8,10H,9H2,1-7H3,(H,24,28). The van der Waals surface area contributed by atoms with Crippen LogP contribution in [0.4, 0.5) is 0 Å². The van der Waals surface area contributed by atoms with Crippen LogP contribution < -0.4 is 5.32 Å². The number of nitrogens with one attached hydrogen (secondary N) is 1. The highest BCUT2D eigenvalue weighted by Crippen LogP contribution is 2.24. The molecule has 0 radical (unpaired) electrons. The van der Waals surface area contributed by atoms with Crippen LogP contribution in [0.1, 0.15) is 58.2 Å². The monoisotopic (exact) mass is 426 g/mol. The Kier molecular flexibility index (Phi) is 5.92. The molecule has 1 amide bonds. The van der Waals surface area contributed by atoms with Crippen LogP contribution in [0, 0.1) is 27.7 Å². The van der Waals surface area contributed by atoms with Crippen LogP contribution in [0.5, 0.6) is 0 Å². The minimum absolute atomic E-state index is 0.0945. The molecule has 3 heterocycles. The van der Waals surface area contributed by atoms with Gasteiger partial charge >= 0.3 is 5.97 Å². The van der Waals surface area contributed by atoms with Crippen LogP contribution in [0.15, 0.2) is 16.9 Å². The average molecular weight is 426 g/mol. The summed E-state index contributed by atoms with van der Waals surface area (Å²) >= 11 is 0. The van der Waals surface area contributed by atoms with Crippen LogP contribution >= 0.6 is 0 Å². The Bertz CT molecular complexity index is 1120. The van der Waals surface area contributed by atoms with E-state index < -0.39 is 11.5 Å². The smallest absolute Gasteiger partial charge is 0.343 e. The van der Waals surface area contributed by atoms with Crippen molar-refractivity contribution in [3.8, 4) is 5.95 Å². The van der Waals surface area contributed by atoms with Crippen molar-refractivity contribution in [2.24, 2.45) is 0 Å². The third-order valence-corrected chi connectivity index (χ3v) is 4.96. The highest BCUT2D eigenvalue weighted by atomic mass is 16.5. The second-order valence-corrected chi connectivity index (χ2v) is 7.93. The Morgan fingerprint density at radius 3 is 2.42 bits per heavy atom. The van der Waals surface area contributed by atoms with Crippen molar-refractivity contribution in [1.82, 2.24) is 30.2 Å². The molecule has 0 atom stereocenters. The van der Waals surface area contributed by atoms with E-state index in [2.05, 4.69) is 25.5 Å². The van der Waals surface area contributed by atoms with E-state index in [-0.39, 0.29) is 17.9 Å². The molecular weight excluding hydrogens is 400 g/mol. The molecule has 1 N–H and O–H groups in total. The van der Waals surface area contributed by atoms with E-state index in [1.807, 2.05) is 33.8 Å². The van der Waals surface area contributed by atoms with Crippen LogP contribution in [0.2, 0.25) is 0 Å². The Hall–Kier alpha value is -3.56. The Morgan fingerprint density at radius 1 is 1.16 bits per heavy atom.